The van der Waals surface area contributed by atoms with Crippen LogP contribution in [0.15, 0.2) is 24.4 Å². The molecule has 0 bridgehead atoms. The lowest BCUT2D eigenvalue weighted by Crippen LogP contribution is -2.39. The zero-order valence-electron chi connectivity index (χ0n) is 11.9. The molecule has 0 aliphatic rings. The molecule has 1 heterocycles. The van der Waals surface area contributed by atoms with Crippen molar-refractivity contribution >= 4 is 16.9 Å². The molecule has 0 saturated heterocycles. The number of nitrogens with one attached hydrogen (secondary N) is 2. The quantitative estimate of drug-likeness (QED) is 0.776. The number of hydrogen-bond donors (Lipinski definition) is 3. The lowest BCUT2D eigenvalue weighted by atomic mass is 10.1. The summed E-state index contributed by atoms with van der Waals surface area (Å²) in [6.45, 7) is 2.99. The number of aromatic nitrogens is 1. The number of aliphatic hydroxyl groups excluding tert-OH is 1. The van der Waals surface area contributed by atoms with E-state index in [0.29, 0.717) is 13.1 Å². The van der Waals surface area contributed by atoms with Crippen LogP contribution in [0.2, 0.25) is 0 Å². The molecule has 1 aromatic carbocycles. The molecule has 0 radical (unpaired) electrons. The van der Waals surface area contributed by atoms with E-state index in [-0.39, 0.29) is 12.6 Å². The first kappa shape index (κ1) is 14.4. The first-order valence-corrected chi connectivity index (χ1v) is 6.79. The second-order valence-electron chi connectivity index (χ2n) is 4.94. The average Bonchev–Trinajstić information content (AvgIpc) is 2.83. The molecule has 0 unspecified atom stereocenters. The molecule has 2 amide bonds. The van der Waals surface area contributed by atoms with Gasteiger partial charge in [-0.15, -0.1) is 0 Å². The van der Waals surface area contributed by atoms with Crippen molar-refractivity contribution in [3.63, 3.8) is 0 Å². The molecule has 2 aromatic rings. The molecular weight excluding hydrogens is 254 g/mol. The van der Waals surface area contributed by atoms with Gasteiger partial charge >= 0.3 is 6.03 Å². The minimum Gasteiger partial charge on any atom is -0.395 e. The van der Waals surface area contributed by atoms with E-state index in [0.717, 1.165) is 11.9 Å². The molecule has 0 aliphatic carbocycles. The molecule has 5 nitrogen and oxygen atoms in total. The fraction of sp³-hybridized carbons (Fsp3) is 0.400. The highest BCUT2D eigenvalue weighted by Gasteiger charge is 2.09. The number of amides is 2. The van der Waals surface area contributed by atoms with E-state index < -0.39 is 0 Å². The number of fused-ring (bicyclic) bond motifs is 1. The number of carbonyl (C=O) groups excluding carboxylic acids is 1. The Morgan fingerprint density at radius 1 is 1.45 bits per heavy atom. The third-order valence-electron chi connectivity index (χ3n) is 3.45. The Morgan fingerprint density at radius 3 is 3.00 bits per heavy atom. The van der Waals surface area contributed by atoms with Gasteiger partial charge in [-0.05, 0) is 30.5 Å². The maximum atomic E-state index is 11.7. The number of nitrogens with zero attached hydrogens (tertiary/aromatic N) is 1. The SMILES string of the molecule is Cc1cccc2[nH]cc(CCNC(=O)N(C)CCO)c12. The van der Waals surface area contributed by atoms with Crippen LogP contribution >= 0.6 is 0 Å². The van der Waals surface area contributed by atoms with Crippen LogP contribution in [0.1, 0.15) is 11.1 Å². The number of aromatic amines is 1. The van der Waals surface area contributed by atoms with Crippen LogP contribution in [0.4, 0.5) is 4.79 Å². The van der Waals surface area contributed by atoms with Crippen LogP contribution in [0.5, 0.6) is 0 Å². The molecule has 0 saturated carbocycles. The summed E-state index contributed by atoms with van der Waals surface area (Å²) in [5.74, 6) is 0. The Labute approximate surface area is 118 Å². The zero-order valence-corrected chi connectivity index (χ0v) is 11.9. The fourth-order valence-electron chi connectivity index (χ4n) is 2.34. The van der Waals surface area contributed by atoms with Crippen LogP contribution in [0, 0.1) is 6.92 Å². The van der Waals surface area contributed by atoms with Crippen molar-refractivity contribution in [1.29, 1.82) is 0 Å². The van der Waals surface area contributed by atoms with Gasteiger partial charge in [-0.2, -0.15) is 0 Å². The van der Waals surface area contributed by atoms with Crippen molar-refractivity contribution in [1.82, 2.24) is 15.2 Å². The van der Waals surface area contributed by atoms with Crippen molar-refractivity contribution < 1.29 is 9.90 Å². The number of rotatable bonds is 5. The number of aliphatic hydroxyl groups is 1. The molecule has 0 spiro atoms. The number of benzene rings is 1. The van der Waals surface area contributed by atoms with Crippen molar-refractivity contribution in [2.24, 2.45) is 0 Å². The number of H-pyrrole nitrogens is 1. The zero-order chi connectivity index (χ0) is 14.5. The summed E-state index contributed by atoms with van der Waals surface area (Å²) in [6, 6.07) is 6.02. The molecule has 20 heavy (non-hydrogen) atoms. The normalized spacial score (nSPS) is 10.8. The van der Waals surface area contributed by atoms with Crippen LogP contribution in [0.3, 0.4) is 0 Å². The standard InChI is InChI=1S/C15H21N3O2/c1-11-4-3-5-13-14(11)12(10-17-13)6-7-16-15(20)18(2)8-9-19/h3-5,10,17,19H,6-9H2,1-2H3,(H,16,20). The third kappa shape index (κ3) is 3.11. The van der Waals surface area contributed by atoms with Gasteiger partial charge in [0, 0.05) is 37.2 Å². The van der Waals surface area contributed by atoms with Gasteiger partial charge in [-0.25, -0.2) is 4.79 Å². The average molecular weight is 275 g/mol. The summed E-state index contributed by atoms with van der Waals surface area (Å²) in [5.41, 5.74) is 3.58. The molecule has 0 fully saturated rings. The van der Waals surface area contributed by atoms with Gasteiger partial charge in [-0.1, -0.05) is 12.1 Å². The molecule has 3 N–H and O–H groups in total. The molecule has 2 rings (SSSR count). The molecule has 0 aliphatic heterocycles. The van der Waals surface area contributed by atoms with Crippen LogP contribution in [0.25, 0.3) is 10.9 Å². The van der Waals surface area contributed by atoms with Crippen LogP contribution in [-0.2, 0) is 6.42 Å². The minimum absolute atomic E-state index is 0.0223. The topological polar surface area (TPSA) is 68.4 Å². The Kier molecular flexibility index (Phi) is 4.63. The van der Waals surface area contributed by atoms with Gasteiger partial charge in [-0.3, -0.25) is 0 Å². The summed E-state index contributed by atoms with van der Waals surface area (Å²) in [7, 11) is 1.67. The van der Waals surface area contributed by atoms with E-state index in [1.165, 1.54) is 21.4 Å². The summed E-state index contributed by atoms with van der Waals surface area (Å²) in [4.78, 5) is 16.4. The van der Waals surface area contributed by atoms with E-state index in [1.807, 2.05) is 12.3 Å². The Morgan fingerprint density at radius 2 is 2.25 bits per heavy atom. The molecule has 5 heteroatoms. The molecule has 0 atom stereocenters. The monoisotopic (exact) mass is 275 g/mol. The summed E-state index contributed by atoms with van der Waals surface area (Å²) in [5, 5.41) is 12.9. The number of aryl methyl sites for hydroxylation is 1. The van der Waals surface area contributed by atoms with Gasteiger partial charge in [0.1, 0.15) is 0 Å². The molecule has 108 valence electrons. The van der Waals surface area contributed by atoms with Crippen LogP contribution in [-0.4, -0.2) is 47.8 Å². The highest BCUT2D eigenvalue weighted by molar-refractivity contribution is 5.86. The van der Waals surface area contributed by atoms with Crippen molar-refractivity contribution in [2.45, 2.75) is 13.3 Å². The van der Waals surface area contributed by atoms with Crippen molar-refractivity contribution in [3.8, 4) is 0 Å². The predicted octanol–water partition coefficient (Wildman–Crippen LogP) is 1.65. The number of likely N-dealkylation sites (N-methyl/N-ethyl adjacent to an activating group) is 1. The smallest absolute Gasteiger partial charge is 0.317 e. The lowest BCUT2D eigenvalue weighted by Gasteiger charge is -2.16. The lowest BCUT2D eigenvalue weighted by molar-refractivity contribution is 0.190. The van der Waals surface area contributed by atoms with E-state index in [1.54, 1.807) is 7.05 Å². The highest BCUT2D eigenvalue weighted by atomic mass is 16.3. The number of carbonyl (C=O) groups is 1. The van der Waals surface area contributed by atoms with E-state index in [9.17, 15) is 4.79 Å². The maximum Gasteiger partial charge on any atom is 0.317 e. The second kappa shape index (κ2) is 6.43. The Hall–Kier alpha value is -2.01. The number of hydrogen-bond acceptors (Lipinski definition) is 2. The first-order chi connectivity index (χ1) is 9.63. The van der Waals surface area contributed by atoms with Crippen molar-refractivity contribution in [2.75, 3.05) is 26.7 Å². The van der Waals surface area contributed by atoms with Gasteiger partial charge in [0.25, 0.3) is 0 Å². The first-order valence-electron chi connectivity index (χ1n) is 6.79. The fourth-order valence-corrected chi connectivity index (χ4v) is 2.34. The molecular formula is C15H21N3O2. The summed E-state index contributed by atoms with van der Waals surface area (Å²) >= 11 is 0. The second-order valence-corrected chi connectivity index (χ2v) is 4.94. The number of urea groups is 1. The summed E-state index contributed by atoms with van der Waals surface area (Å²) < 4.78 is 0. The van der Waals surface area contributed by atoms with Gasteiger partial charge in [0.2, 0.25) is 0 Å². The Bertz CT molecular complexity index is 592. The Balaban J connectivity index is 1.95. The van der Waals surface area contributed by atoms with Gasteiger partial charge < -0.3 is 20.3 Å². The van der Waals surface area contributed by atoms with Gasteiger partial charge in [0.15, 0.2) is 0 Å². The van der Waals surface area contributed by atoms with Crippen LogP contribution < -0.4 is 5.32 Å². The van der Waals surface area contributed by atoms with Gasteiger partial charge in [0.05, 0.1) is 6.61 Å². The largest absolute Gasteiger partial charge is 0.395 e. The maximum absolute atomic E-state index is 11.7. The van der Waals surface area contributed by atoms with E-state index in [4.69, 9.17) is 5.11 Å². The third-order valence-corrected chi connectivity index (χ3v) is 3.45. The van der Waals surface area contributed by atoms with E-state index in [2.05, 4.69) is 29.4 Å². The minimum atomic E-state index is -0.157. The summed E-state index contributed by atoms with van der Waals surface area (Å²) in [6.07, 6.45) is 2.78. The molecule has 1 aromatic heterocycles. The highest BCUT2D eigenvalue weighted by Crippen LogP contribution is 2.22. The van der Waals surface area contributed by atoms with E-state index >= 15 is 0 Å². The van der Waals surface area contributed by atoms with Crippen molar-refractivity contribution in [3.05, 3.63) is 35.5 Å². The predicted molar refractivity (Wildman–Crippen MR) is 79.9 cm³/mol.